The van der Waals surface area contributed by atoms with Gasteiger partial charge in [0.05, 0.1) is 18.2 Å². The molecule has 128 valence electrons. The summed E-state index contributed by atoms with van der Waals surface area (Å²) in [5.74, 6) is 0. The molecule has 25 heavy (non-hydrogen) atoms. The van der Waals surface area contributed by atoms with Crippen molar-refractivity contribution < 1.29 is 9.53 Å². The van der Waals surface area contributed by atoms with Crippen LogP contribution in [0.1, 0.15) is 16.7 Å². The third kappa shape index (κ3) is 5.48. The highest BCUT2D eigenvalue weighted by atomic mass is 16.5. The first-order valence-corrected chi connectivity index (χ1v) is 7.90. The van der Waals surface area contributed by atoms with Crippen LogP contribution in [0, 0.1) is 11.3 Å². The first kappa shape index (κ1) is 18.2. The number of nitrogens with zero attached hydrogens (tertiary/aromatic N) is 2. The maximum Gasteiger partial charge on any atom is 0.322 e. The van der Waals surface area contributed by atoms with Crippen LogP contribution in [0.2, 0.25) is 0 Å². The smallest absolute Gasteiger partial charge is 0.322 e. The van der Waals surface area contributed by atoms with Crippen LogP contribution in [0.3, 0.4) is 0 Å². The maximum atomic E-state index is 12.6. The van der Waals surface area contributed by atoms with Crippen LogP contribution in [0.15, 0.2) is 61.2 Å². The van der Waals surface area contributed by atoms with Gasteiger partial charge in [-0.2, -0.15) is 5.26 Å². The van der Waals surface area contributed by atoms with Crippen molar-refractivity contribution in [1.82, 2.24) is 4.90 Å². The highest BCUT2D eigenvalue weighted by Crippen LogP contribution is 2.14. The van der Waals surface area contributed by atoms with Crippen molar-refractivity contribution in [3.8, 4) is 6.07 Å². The number of anilines is 1. The summed E-state index contributed by atoms with van der Waals surface area (Å²) in [6.45, 7) is 5.00. The summed E-state index contributed by atoms with van der Waals surface area (Å²) in [6.07, 6.45) is 1.68. The molecule has 5 nitrogen and oxygen atoms in total. The summed E-state index contributed by atoms with van der Waals surface area (Å²) < 4.78 is 5.11. The van der Waals surface area contributed by atoms with Crippen LogP contribution in [0.4, 0.5) is 10.5 Å². The highest BCUT2D eigenvalue weighted by molar-refractivity contribution is 5.89. The Labute approximate surface area is 148 Å². The molecular formula is C20H21N3O2. The molecule has 2 amide bonds. The van der Waals surface area contributed by atoms with E-state index < -0.39 is 0 Å². The zero-order valence-electron chi connectivity index (χ0n) is 14.2. The summed E-state index contributed by atoms with van der Waals surface area (Å²) in [7, 11) is 1.63. The molecule has 0 atom stereocenters. The van der Waals surface area contributed by atoms with E-state index in [1.54, 1.807) is 30.2 Å². The van der Waals surface area contributed by atoms with Gasteiger partial charge in [0.25, 0.3) is 0 Å². The van der Waals surface area contributed by atoms with Crippen molar-refractivity contribution in [2.24, 2.45) is 0 Å². The molecule has 0 aliphatic rings. The Kier molecular flexibility index (Phi) is 6.76. The Morgan fingerprint density at radius 2 is 2.04 bits per heavy atom. The van der Waals surface area contributed by atoms with E-state index in [9.17, 15) is 4.79 Å². The van der Waals surface area contributed by atoms with Crippen LogP contribution in [-0.4, -0.2) is 24.6 Å². The summed E-state index contributed by atoms with van der Waals surface area (Å²) in [6, 6.07) is 16.6. The lowest BCUT2D eigenvalue weighted by molar-refractivity contribution is 0.185. The molecule has 0 radical (unpaired) electrons. The van der Waals surface area contributed by atoms with Gasteiger partial charge in [0, 0.05) is 25.9 Å². The topological polar surface area (TPSA) is 65.4 Å². The summed E-state index contributed by atoms with van der Waals surface area (Å²) >= 11 is 0. The van der Waals surface area contributed by atoms with Gasteiger partial charge < -0.3 is 15.0 Å². The van der Waals surface area contributed by atoms with E-state index in [0.29, 0.717) is 30.9 Å². The van der Waals surface area contributed by atoms with Crippen molar-refractivity contribution in [3.63, 3.8) is 0 Å². The first-order valence-electron chi connectivity index (χ1n) is 7.90. The van der Waals surface area contributed by atoms with Crippen molar-refractivity contribution >= 4 is 11.7 Å². The average molecular weight is 335 g/mol. The quantitative estimate of drug-likeness (QED) is 0.780. The van der Waals surface area contributed by atoms with Crippen LogP contribution < -0.4 is 5.32 Å². The van der Waals surface area contributed by atoms with Gasteiger partial charge in [0.2, 0.25) is 0 Å². The third-order valence-electron chi connectivity index (χ3n) is 3.56. The number of hydrogen-bond acceptors (Lipinski definition) is 3. The number of nitrogens with one attached hydrogen (secondary N) is 1. The van der Waals surface area contributed by atoms with Gasteiger partial charge in [-0.15, -0.1) is 6.58 Å². The van der Waals surface area contributed by atoms with Gasteiger partial charge >= 0.3 is 6.03 Å². The molecule has 2 aromatic rings. The summed E-state index contributed by atoms with van der Waals surface area (Å²) in [5, 5.41) is 11.9. The van der Waals surface area contributed by atoms with E-state index in [0.717, 1.165) is 11.1 Å². The number of amides is 2. The fraction of sp³-hybridized carbons (Fsp3) is 0.200. The lowest BCUT2D eigenvalue weighted by Crippen LogP contribution is -2.34. The molecule has 0 aliphatic carbocycles. The number of methoxy groups -OCH3 is 1. The molecule has 0 saturated carbocycles. The third-order valence-corrected chi connectivity index (χ3v) is 3.56. The van der Waals surface area contributed by atoms with Crippen LogP contribution in [0.5, 0.6) is 0 Å². The number of hydrogen-bond donors (Lipinski definition) is 1. The zero-order valence-corrected chi connectivity index (χ0v) is 14.2. The first-order chi connectivity index (χ1) is 12.2. The number of nitriles is 1. The lowest BCUT2D eigenvalue weighted by atomic mass is 10.1. The Morgan fingerprint density at radius 1 is 1.28 bits per heavy atom. The van der Waals surface area contributed by atoms with Gasteiger partial charge in [-0.05, 0) is 35.4 Å². The minimum atomic E-state index is -0.225. The Morgan fingerprint density at radius 3 is 2.76 bits per heavy atom. The maximum absolute atomic E-state index is 12.6. The molecule has 0 fully saturated rings. The molecule has 2 rings (SSSR count). The average Bonchev–Trinajstić information content (AvgIpc) is 2.62. The molecule has 0 spiro atoms. The Bertz CT molecular complexity index is 781. The Balaban J connectivity index is 2.10. The summed E-state index contributed by atoms with van der Waals surface area (Å²) in [5.41, 5.74) is 3.16. The number of urea groups is 1. The SMILES string of the molecule is C=CCN(Cc1cccc(C#N)c1)C(=O)Nc1cccc(COC)c1. The number of ether oxygens (including phenoxy) is 1. The van der Waals surface area contributed by atoms with E-state index in [-0.39, 0.29) is 6.03 Å². The molecule has 0 heterocycles. The molecule has 0 unspecified atom stereocenters. The van der Waals surface area contributed by atoms with E-state index >= 15 is 0 Å². The second kappa shape index (κ2) is 9.26. The molecule has 5 heteroatoms. The number of benzene rings is 2. The van der Waals surface area contributed by atoms with Crippen molar-refractivity contribution in [3.05, 3.63) is 77.9 Å². The van der Waals surface area contributed by atoms with Crippen molar-refractivity contribution in [2.45, 2.75) is 13.2 Å². The van der Waals surface area contributed by atoms with E-state index in [1.165, 1.54) is 0 Å². The number of carbonyl (C=O) groups is 1. The molecule has 0 aromatic heterocycles. The van der Waals surface area contributed by atoms with Gasteiger partial charge in [0.15, 0.2) is 0 Å². The molecule has 0 aliphatic heterocycles. The fourth-order valence-electron chi connectivity index (χ4n) is 2.44. The standard InChI is InChI=1S/C20H21N3O2/c1-3-10-23(14-17-7-4-6-16(11-17)13-21)20(24)22-19-9-5-8-18(12-19)15-25-2/h3-9,11-12H,1,10,14-15H2,2H3,(H,22,24). The van der Waals surface area contributed by atoms with Gasteiger partial charge in [-0.25, -0.2) is 4.79 Å². The molecule has 1 N–H and O–H groups in total. The van der Waals surface area contributed by atoms with E-state index in [4.69, 9.17) is 10.00 Å². The number of carbonyl (C=O) groups excluding carboxylic acids is 1. The second-order valence-electron chi connectivity index (χ2n) is 5.54. The zero-order chi connectivity index (χ0) is 18.1. The molecule has 0 saturated heterocycles. The normalized spacial score (nSPS) is 9.92. The van der Waals surface area contributed by atoms with Crippen LogP contribution >= 0.6 is 0 Å². The van der Waals surface area contributed by atoms with Crippen LogP contribution in [-0.2, 0) is 17.9 Å². The Hall–Kier alpha value is -3.10. The largest absolute Gasteiger partial charge is 0.380 e. The van der Waals surface area contributed by atoms with Gasteiger partial charge in [0.1, 0.15) is 0 Å². The van der Waals surface area contributed by atoms with Crippen molar-refractivity contribution in [2.75, 3.05) is 19.0 Å². The monoisotopic (exact) mass is 335 g/mol. The lowest BCUT2D eigenvalue weighted by Gasteiger charge is -2.22. The summed E-state index contributed by atoms with van der Waals surface area (Å²) in [4.78, 5) is 14.2. The molecule has 0 bridgehead atoms. The minimum absolute atomic E-state index is 0.225. The predicted molar refractivity (Wildman–Crippen MR) is 97.9 cm³/mol. The molecular weight excluding hydrogens is 314 g/mol. The predicted octanol–water partition coefficient (Wildman–Crippen LogP) is 3.92. The fourth-order valence-corrected chi connectivity index (χ4v) is 2.44. The molecule has 2 aromatic carbocycles. The van der Waals surface area contributed by atoms with Crippen LogP contribution in [0.25, 0.3) is 0 Å². The van der Waals surface area contributed by atoms with E-state index in [1.807, 2.05) is 36.4 Å². The minimum Gasteiger partial charge on any atom is -0.380 e. The van der Waals surface area contributed by atoms with Crippen molar-refractivity contribution in [1.29, 1.82) is 5.26 Å². The van der Waals surface area contributed by atoms with Gasteiger partial charge in [-0.1, -0.05) is 30.3 Å². The second-order valence-corrected chi connectivity index (χ2v) is 5.54. The number of rotatable bonds is 7. The highest BCUT2D eigenvalue weighted by Gasteiger charge is 2.13. The van der Waals surface area contributed by atoms with Gasteiger partial charge in [-0.3, -0.25) is 0 Å². The van der Waals surface area contributed by atoms with E-state index in [2.05, 4.69) is 18.0 Å².